The van der Waals surface area contributed by atoms with Gasteiger partial charge in [0.1, 0.15) is 17.8 Å². The molecule has 2 atom stereocenters. The van der Waals surface area contributed by atoms with Crippen LogP contribution in [0.15, 0.2) is 24.3 Å². The number of ether oxygens (including phenoxy) is 2. The Balaban J connectivity index is 2.08. The molecule has 1 aromatic carbocycles. The van der Waals surface area contributed by atoms with Gasteiger partial charge in [-0.2, -0.15) is 0 Å². The number of hydrogen-bond acceptors (Lipinski definition) is 5. The molecule has 0 unspecified atom stereocenters. The van der Waals surface area contributed by atoms with Crippen molar-refractivity contribution < 1.29 is 28.2 Å². The summed E-state index contributed by atoms with van der Waals surface area (Å²) in [6.45, 7) is 5.18. The maximum Gasteiger partial charge on any atom is 0.313 e. The molecule has 1 fully saturated rings. The number of alkyl halides is 1. The molecule has 0 spiro atoms. The van der Waals surface area contributed by atoms with Gasteiger partial charge in [0.05, 0.1) is 13.2 Å². The minimum atomic E-state index is -1.74. The van der Waals surface area contributed by atoms with Gasteiger partial charge in [0.15, 0.2) is 12.0 Å². The van der Waals surface area contributed by atoms with Gasteiger partial charge in [-0.1, -0.05) is 12.1 Å². The number of amides is 1. The molecule has 7 heteroatoms. The first-order valence-electron chi connectivity index (χ1n) is 8.43. The van der Waals surface area contributed by atoms with Gasteiger partial charge in [-0.15, -0.1) is 0 Å². The monoisotopic (exact) mass is 365 g/mol. The van der Waals surface area contributed by atoms with Crippen LogP contribution in [0.4, 0.5) is 4.39 Å². The Hall–Kier alpha value is -2.44. The number of methoxy groups -OCH3 is 1. The van der Waals surface area contributed by atoms with E-state index in [4.69, 9.17) is 9.47 Å². The quantitative estimate of drug-likeness (QED) is 0.572. The summed E-state index contributed by atoms with van der Waals surface area (Å²) in [6.07, 6.45) is -2.46. The summed E-state index contributed by atoms with van der Waals surface area (Å²) >= 11 is 0. The first kappa shape index (κ1) is 19.9. The zero-order valence-corrected chi connectivity index (χ0v) is 15.5. The van der Waals surface area contributed by atoms with E-state index in [9.17, 15) is 18.8 Å². The molecule has 1 amide bonds. The molecule has 0 radical (unpaired) electrons. The highest BCUT2D eigenvalue weighted by atomic mass is 19.1. The zero-order chi connectivity index (χ0) is 19.5. The van der Waals surface area contributed by atoms with Crippen molar-refractivity contribution in [2.24, 2.45) is 0 Å². The number of carbonyl (C=O) groups is 3. The van der Waals surface area contributed by atoms with E-state index in [1.54, 1.807) is 45.0 Å². The lowest BCUT2D eigenvalue weighted by Crippen LogP contribution is -2.39. The zero-order valence-electron chi connectivity index (χ0n) is 15.5. The molecule has 6 nitrogen and oxygen atoms in total. The summed E-state index contributed by atoms with van der Waals surface area (Å²) in [5.41, 5.74) is 0.0252. The number of carbonyl (C=O) groups excluding carboxylic acids is 3. The fourth-order valence-electron chi connectivity index (χ4n) is 2.82. The number of rotatable bonds is 6. The number of esters is 1. The Morgan fingerprint density at radius 1 is 1.23 bits per heavy atom. The van der Waals surface area contributed by atoms with E-state index in [1.165, 1.54) is 12.0 Å². The predicted octanol–water partition coefficient (Wildman–Crippen LogP) is 2.44. The molecule has 1 heterocycles. The highest BCUT2D eigenvalue weighted by Gasteiger charge is 2.43. The van der Waals surface area contributed by atoms with Gasteiger partial charge in [-0.05, 0) is 38.5 Å². The van der Waals surface area contributed by atoms with Gasteiger partial charge in [0, 0.05) is 13.0 Å². The van der Waals surface area contributed by atoms with Crippen LogP contribution in [0.3, 0.4) is 0 Å². The summed E-state index contributed by atoms with van der Waals surface area (Å²) in [7, 11) is 1.54. The SMILES string of the molecule is COc1ccc(CN2C(=O)[C@H](F)C[C@H]2C(=O)CC(=O)OC(C)(C)C)cc1. The third kappa shape index (κ3) is 5.03. The van der Waals surface area contributed by atoms with Crippen LogP contribution >= 0.6 is 0 Å². The number of hydrogen-bond donors (Lipinski definition) is 0. The first-order valence-corrected chi connectivity index (χ1v) is 8.43. The van der Waals surface area contributed by atoms with E-state index in [0.717, 1.165) is 5.56 Å². The largest absolute Gasteiger partial charge is 0.497 e. The Kier molecular flexibility index (Phi) is 6.00. The summed E-state index contributed by atoms with van der Waals surface area (Å²) in [5, 5.41) is 0. The van der Waals surface area contributed by atoms with Crippen LogP contribution in [-0.4, -0.2) is 47.5 Å². The topological polar surface area (TPSA) is 72.9 Å². The van der Waals surface area contributed by atoms with Crippen molar-refractivity contribution in [3.05, 3.63) is 29.8 Å². The molecule has 2 rings (SSSR count). The van der Waals surface area contributed by atoms with Crippen LogP contribution in [0.5, 0.6) is 5.75 Å². The van der Waals surface area contributed by atoms with Gasteiger partial charge < -0.3 is 14.4 Å². The van der Waals surface area contributed by atoms with Crippen molar-refractivity contribution >= 4 is 17.7 Å². The Morgan fingerprint density at radius 2 is 1.85 bits per heavy atom. The van der Waals surface area contributed by atoms with Gasteiger partial charge in [-0.3, -0.25) is 14.4 Å². The molecule has 142 valence electrons. The summed E-state index contributed by atoms with van der Waals surface area (Å²) in [4.78, 5) is 37.6. The molecule has 26 heavy (non-hydrogen) atoms. The second-order valence-corrected chi connectivity index (χ2v) is 7.26. The van der Waals surface area contributed by atoms with Crippen molar-refractivity contribution in [1.29, 1.82) is 0 Å². The highest BCUT2D eigenvalue weighted by Crippen LogP contribution is 2.26. The average Bonchev–Trinajstić information content (AvgIpc) is 2.82. The highest BCUT2D eigenvalue weighted by molar-refractivity contribution is 6.02. The van der Waals surface area contributed by atoms with Crippen molar-refractivity contribution in [3.8, 4) is 5.75 Å². The molecule has 1 saturated heterocycles. The van der Waals surface area contributed by atoms with Crippen molar-refractivity contribution in [1.82, 2.24) is 4.90 Å². The number of halogens is 1. The number of ketones is 1. The van der Waals surface area contributed by atoms with E-state index in [1.807, 2.05) is 0 Å². The van der Waals surface area contributed by atoms with E-state index in [-0.39, 0.29) is 13.0 Å². The second kappa shape index (κ2) is 7.85. The minimum Gasteiger partial charge on any atom is -0.497 e. The third-order valence-electron chi connectivity index (χ3n) is 3.98. The Labute approximate surface area is 152 Å². The maximum atomic E-state index is 13.9. The lowest BCUT2D eigenvalue weighted by Gasteiger charge is -2.24. The van der Waals surface area contributed by atoms with Crippen LogP contribution < -0.4 is 4.74 Å². The van der Waals surface area contributed by atoms with Gasteiger partial charge in [-0.25, -0.2) is 4.39 Å². The fourth-order valence-corrected chi connectivity index (χ4v) is 2.82. The van der Waals surface area contributed by atoms with Crippen molar-refractivity contribution in [2.45, 2.75) is 58.0 Å². The second-order valence-electron chi connectivity index (χ2n) is 7.26. The summed E-state index contributed by atoms with van der Waals surface area (Å²) < 4.78 is 24.1. The maximum absolute atomic E-state index is 13.9. The average molecular weight is 365 g/mol. The number of nitrogens with zero attached hydrogens (tertiary/aromatic N) is 1. The van der Waals surface area contributed by atoms with E-state index in [2.05, 4.69) is 0 Å². The van der Waals surface area contributed by atoms with Gasteiger partial charge >= 0.3 is 5.97 Å². The molecule has 0 N–H and O–H groups in total. The fraction of sp³-hybridized carbons (Fsp3) is 0.526. The normalized spacial score (nSPS) is 20.2. The third-order valence-corrected chi connectivity index (χ3v) is 3.98. The van der Waals surface area contributed by atoms with Crippen molar-refractivity contribution in [2.75, 3.05) is 7.11 Å². The summed E-state index contributed by atoms with van der Waals surface area (Å²) in [5.74, 6) is -1.27. The molecule has 1 aliphatic rings. The van der Waals surface area contributed by atoms with Crippen LogP contribution in [0.1, 0.15) is 39.2 Å². The number of likely N-dealkylation sites (tertiary alicyclic amines) is 1. The van der Waals surface area contributed by atoms with Crippen molar-refractivity contribution in [3.63, 3.8) is 0 Å². The molecular weight excluding hydrogens is 341 g/mol. The lowest BCUT2D eigenvalue weighted by molar-refractivity contribution is -0.157. The van der Waals surface area contributed by atoms with E-state index < -0.39 is 41.9 Å². The smallest absolute Gasteiger partial charge is 0.313 e. The first-order chi connectivity index (χ1) is 12.1. The molecule has 1 aliphatic heterocycles. The Morgan fingerprint density at radius 3 is 2.38 bits per heavy atom. The molecule has 0 saturated carbocycles. The van der Waals surface area contributed by atoms with Crippen LogP contribution in [0, 0.1) is 0 Å². The molecule has 1 aromatic rings. The van der Waals surface area contributed by atoms with Gasteiger partial charge in [0.2, 0.25) is 0 Å². The van der Waals surface area contributed by atoms with E-state index >= 15 is 0 Å². The predicted molar refractivity (Wildman–Crippen MR) is 92.3 cm³/mol. The molecule has 0 aliphatic carbocycles. The van der Waals surface area contributed by atoms with Crippen LogP contribution in [0.2, 0.25) is 0 Å². The molecule has 0 aromatic heterocycles. The minimum absolute atomic E-state index is 0.0912. The standard InChI is InChI=1S/C19H24FNO5/c1-19(2,3)26-17(23)10-16(22)15-9-14(20)18(24)21(15)11-12-5-7-13(25-4)8-6-12/h5-8,14-15H,9-11H2,1-4H3/t14-,15+/m1/s1. The number of Topliss-reactive ketones (excluding diaryl/α,β-unsaturated/α-hetero) is 1. The Bertz CT molecular complexity index is 680. The van der Waals surface area contributed by atoms with E-state index in [0.29, 0.717) is 5.75 Å². The summed E-state index contributed by atoms with van der Waals surface area (Å²) in [6, 6.07) is 5.97. The lowest BCUT2D eigenvalue weighted by atomic mass is 10.1. The molecular formula is C19H24FNO5. The van der Waals surface area contributed by atoms with Gasteiger partial charge in [0.25, 0.3) is 5.91 Å². The van der Waals surface area contributed by atoms with Crippen LogP contribution in [0.25, 0.3) is 0 Å². The number of benzene rings is 1. The molecule has 0 bridgehead atoms. The van der Waals surface area contributed by atoms with Crippen LogP contribution in [-0.2, 0) is 25.7 Å².